The fourth-order valence-corrected chi connectivity index (χ4v) is 2.58. The van der Waals surface area contributed by atoms with Crippen molar-refractivity contribution in [1.29, 1.82) is 5.26 Å². The lowest BCUT2D eigenvalue weighted by molar-refractivity contribution is 0.203. The molecule has 3 fully saturated rings. The third-order valence-electron chi connectivity index (χ3n) is 4.20. The van der Waals surface area contributed by atoms with E-state index in [1.165, 1.54) is 51.6 Å². The van der Waals surface area contributed by atoms with Crippen LogP contribution in [0, 0.1) is 22.7 Å². The topological polar surface area (TPSA) is 27.0 Å². The summed E-state index contributed by atoms with van der Waals surface area (Å²) in [5, 5.41) is 8.83. The molecule has 0 spiro atoms. The van der Waals surface area contributed by atoms with Crippen LogP contribution >= 0.6 is 0 Å². The summed E-state index contributed by atoms with van der Waals surface area (Å²) < 4.78 is 0. The number of nitrogens with zero attached hydrogens (tertiary/aromatic N) is 2. The Labute approximate surface area is 92.3 Å². The molecule has 2 heteroatoms. The standard InChI is InChI=1S/C13H20N2/c14-8-7-13(5-6-13)10-15(12-3-4-12)9-11-1-2-11/h11-12H,1-7,9-10H2. The van der Waals surface area contributed by atoms with Crippen molar-refractivity contribution in [3.05, 3.63) is 0 Å². The lowest BCUT2D eigenvalue weighted by atomic mass is 10.0. The second-order valence-corrected chi connectivity index (χ2v) is 5.94. The zero-order valence-electron chi connectivity index (χ0n) is 9.41. The normalized spacial score (nSPS) is 27.7. The van der Waals surface area contributed by atoms with Crippen molar-refractivity contribution in [2.45, 2.75) is 51.0 Å². The zero-order valence-corrected chi connectivity index (χ0v) is 9.41. The van der Waals surface area contributed by atoms with Gasteiger partial charge in [-0.15, -0.1) is 0 Å². The summed E-state index contributed by atoms with van der Waals surface area (Å²) in [5.74, 6) is 1.00. The highest BCUT2D eigenvalue weighted by molar-refractivity contribution is 5.03. The minimum atomic E-state index is 0.423. The summed E-state index contributed by atoms with van der Waals surface area (Å²) >= 11 is 0. The Hall–Kier alpha value is -0.550. The summed E-state index contributed by atoms with van der Waals surface area (Å²) in [7, 11) is 0. The van der Waals surface area contributed by atoms with Crippen molar-refractivity contribution in [1.82, 2.24) is 4.90 Å². The molecule has 3 aliphatic rings. The smallest absolute Gasteiger partial charge is 0.0628 e. The fraction of sp³-hybridized carbons (Fsp3) is 0.923. The molecule has 0 N–H and O–H groups in total. The molecule has 0 unspecified atom stereocenters. The lowest BCUT2D eigenvalue weighted by Gasteiger charge is -2.26. The largest absolute Gasteiger partial charge is 0.300 e. The lowest BCUT2D eigenvalue weighted by Crippen LogP contribution is -2.34. The van der Waals surface area contributed by atoms with Gasteiger partial charge in [-0.1, -0.05) is 0 Å². The summed E-state index contributed by atoms with van der Waals surface area (Å²) in [4.78, 5) is 2.71. The molecule has 3 saturated carbocycles. The quantitative estimate of drug-likeness (QED) is 0.665. The van der Waals surface area contributed by atoms with Gasteiger partial charge in [0.05, 0.1) is 6.07 Å². The van der Waals surface area contributed by atoms with Crippen molar-refractivity contribution in [2.75, 3.05) is 13.1 Å². The highest BCUT2D eigenvalue weighted by Gasteiger charge is 2.46. The van der Waals surface area contributed by atoms with E-state index in [1.54, 1.807) is 0 Å². The molecule has 0 aliphatic heterocycles. The van der Waals surface area contributed by atoms with Crippen LogP contribution in [0.15, 0.2) is 0 Å². The number of hydrogen-bond acceptors (Lipinski definition) is 2. The molecule has 0 aromatic carbocycles. The summed E-state index contributed by atoms with van der Waals surface area (Å²) in [6.45, 7) is 2.56. The summed E-state index contributed by atoms with van der Waals surface area (Å²) in [6.07, 6.45) is 9.12. The predicted octanol–water partition coefficient (Wildman–Crippen LogP) is 2.55. The van der Waals surface area contributed by atoms with E-state index in [0.717, 1.165) is 18.4 Å². The van der Waals surface area contributed by atoms with Crippen molar-refractivity contribution in [2.24, 2.45) is 11.3 Å². The maximum atomic E-state index is 8.83. The molecule has 15 heavy (non-hydrogen) atoms. The third kappa shape index (κ3) is 2.34. The summed E-state index contributed by atoms with van der Waals surface area (Å²) in [5.41, 5.74) is 0.423. The Balaban J connectivity index is 1.55. The van der Waals surface area contributed by atoms with Gasteiger partial charge in [-0.3, -0.25) is 4.90 Å². The fourth-order valence-electron chi connectivity index (χ4n) is 2.58. The minimum absolute atomic E-state index is 0.423. The van der Waals surface area contributed by atoms with Crippen LogP contribution in [0.5, 0.6) is 0 Å². The molecule has 0 radical (unpaired) electrons. The zero-order chi connectivity index (χ0) is 10.3. The van der Waals surface area contributed by atoms with Crippen molar-refractivity contribution in [3.8, 4) is 6.07 Å². The highest BCUT2D eigenvalue weighted by atomic mass is 15.2. The second kappa shape index (κ2) is 3.49. The van der Waals surface area contributed by atoms with Gasteiger partial charge < -0.3 is 0 Å². The predicted molar refractivity (Wildman–Crippen MR) is 59.2 cm³/mol. The molecule has 0 saturated heterocycles. The van der Waals surface area contributed by atoms with Gasteiger partial charge >= 0.3 is 0 Å². The van der Waals surface area contributed by atoms with Crippen molar-refractivity contribution in [3.63, 3.8) is 0 Å². The molecule has 0 amide bonds. The van der Waals surface area contributed by atoms with E-state index < -0.39 is 0 Å². The van der Waals surface area contributed by atoms with E-state index in [2.05, 4.69) is 11.0 Å². The Morgan fingerprint density at radius 3 is 2.40 bits per heavy atom. The first-order valence-corrected chi connectivity index (χ1v) is 6.42. The average molecular weight is 204 g/mol. The SMILES string of the molecule is N#CCC1(CN(CC2CC2)C2CC2)CC1. The summed E-state index contributed by atoms with van der Waals surface area (Å²) in [6, 6.07) is 3.27. The van der Waals surface area contributed by atoms with Gasteiger partial charge in [0, 0.05) is 25.6 Å². The molecular weight excluding hydrogens is 184 g/mol. The van der Waals surface area contributed by atoms with Gasteiger partial charge in [-0.25, -0.2) is 0 Å². The monoisotopic (exact) mass is 204 g/mol. The van der Waals surface area contributed by atoms with Gasteiger partial charge in [-0.05, 0) is 49.9 Å². The first-order chi connectivity index (χ1) is 7.31. The molecule has 2 nitrogen and oxygen atoms in total. The van der Waals surface area contributed by atoms with Crippen LogP contribution in [0.2, 0.25) is 0 Å². The van der Waals surface area contributed by atoms with Gasteiger partial charge in [-0.2, -0.15) is 5.26 Å². The van der Waals surface area contributed by atoms with E-state index in [4.69, 9.17) is 5.26 Å². The molecule has 0 aromatic rings. The Morgan fingerprint density at radius 1 is 1.20 bits per heavy atom. The van der Waals surface area contributed by atoms with Crippen LogP contribution in [0.4, 0.5) is 0 Å². The number of nitriles is 1. The average Bonchev–Trinajstić information content (AvgIpc) is 3.07. The minimum Gasteiger partial charge on any atom is -0.300 e. The molecular formula is C13H20N2. The first kappa shape index (κ1) is 9.66. The van der Waals surface area contributed by atoms with E-state index in [0.29, 0.717) is 5.41 Å². The number of rotatable bonds is 6. The third-order valence-corrected chi connectivity index (χ3v) is 4.20. The van der Waals surface area contributed by atoms with E-state index >= 15 is 0 Å². The van der Waals surface area contributed by atoms with Crippen LogP contribution in [-0.2, 0) is 0 Å². The van der Waals surface area contributed by atoms with Crippen LogP contribution in [0.1, 0.15) is 44.9 Å². The maximum absolute atomic E-state index is 8.83. The molecule has 0 heterocycles. The molecule has 0 atom stereocenters. The van der Waals surface area contributed by atoms with E-state index in [1.807, 2.05) is 0 Å². The van der Waals surface area contributed by atoms with Gasteiger partial charge in [0.25, 0.3) is 0 Å². The van der Waals surface area contributed by atoms with Crippen LogP contribution in [0.3, 0.4) is 0 Å². The Morgan fingerprint density at radius 2 is 1.93 bits per heavy atom. The first-order valence-electron chi connectivity index (χ1n) is 6.42. The van der Waals surface area contributed by atoms with Crippen LogP contribution in [0.25, 0.3) is 0 Å². The molecule has 0 bridgehead atoms. The van der Waals surface area contributed by atoms with E-state index in [-0.39, 0.29) is 0 Å². The molecule has 3 rings (SSSR count). The van der Waals surface area contributed by atoms with Gasteiger partial charge in [0.15, 0.2) is 0 Å². The Bertz CT molecular complexity index is 279. The molecule has 0 aromatic heterocycles. The van der Waals surface area contributed by atoms with Crippen LogP contribution in [-0.4, -0.2) is 24.0 Å². The second-order valence-electron chi connectivity index (χ2n) is 5.94. The Kier molecular flexibility index (Phi) is 2.25. The number of hydrogen-bond donors (Lipinski definition) is 0. The molecule has 3 aliphatic carbocycles. The van der Waals surface area contributed by atoms with Gasteiger partial charge in [0.1, 0.15) is 0 Å². The van der Waals surface area contributed by atoms with Crippen LogP contribution < -0.4 is 0 Å². The molecule has 82 valence electrons. The van der Waals surface area contributed by atoms with Crippen molar-refractivity contribution >= 4 is 0 Å². The highest BCUT2D eigenvalue weighted by Crippen LogP contribution is 2.50. The maximum Gasteiger partial charge on any atom is 0.0628 e. The van der Waals surface area contributed by atoms with Gasteiger partial charge in [0.2, 0.25) is 0 Å². The van der Waals surface area contributed by atoms with Crippen molar-refractivity contribution < 1.29 is 0 Å². The van der Waals surface area contributed by atoms with E-state index in [9.17, 15) is 0 Å².